The monoisotopic (exact) mass is 300 g/mol. The molecule has 1 fully saturated rings. The molecule has 0 saturated heterocycles. The van der Waals surface area contributed by atoms with Crippen LogP contribution in [0.2, 0.25) is 0 Å². The van der Waals surface area contributed by atoms with Crippen LogP contribution < -0.4 is 5.32 Å². The first kappa shape index (κ1) is 14.6. The molecule has 0 atom stereocenters. The van der Waals surface area contributed by atoms with Gasteiger partial charge in [0.1, 0.15) is 0 Å². The number of carbonyl (C=O) groups is 1. The van der Waals surface area contributed by atoms with Crippen LogP contribution in [0.3, 0.4) is 0 Å². The Kier molecular flexibility index (Phi) is 4.37. The molecule has 0 aromatic carbocycles. The maximum absolute atomic E-state index is 11.7. The van der Waals surface area contributed by atoms with Gasteiger partial charge in [0.25, 0.3) is 0 Å². The molecule has 116 valence electrons. The van der Waals surface area contributed by atoms with Crippen molar-refractivity contribution in [2.75, 3.05) is 6.61 Å². The highest BCUT2D eigenvalue weighted by molar-refractivity contribution is 5.67. The van der Waals surface area contributed by atoms with Crippen LogP contribution in [-0.2, 0) is 18.3 Å². The Labute approximate surface area is 129 Å². The zero-order valence-electron chi connectivity index (χ0n) is 12.7. The second-order valence-electron chi connectivity index (χ2n) is 5.67. The molecule has 6 heteroatoms. The van der Waals surface area contributed by atoms with E-state index in [0.717, 1.165) is 16.8 Å². The quantitative estimate of drug-likeness (QED) is 0.921. The summed E-state index contributed by atoms with van der Waals surface area (Å²) in [5.41, 5.74) is 2.89. The Morgan fingerprint density at radius 1 is 1.45 bits per heavy atom. The minimum Gasteiger partial charge on any atom is -0.449 e. The zero-order valence-corrected chi connectivity index (χ0v) is 12.7. The van der Waals surface area contributed by atoms with Gasteiger partial charge in [0.15, 0.2) is 0 Å². The number of hydrogen-bond acceptors (Lipinski definition) is 4. The predicted octanol–water partition coefficient (Wildman–Crippen LogP) is 2.51. The van der Waals surface area contributed by atoms with E-state index in [-0.39, 0.29) is 6.09 Å². The SMILES string of the molecule is Cn1nccc1-c1cncc(CNC(=O)OCC2CCC2)c1. The van der Waals surface area contributed by atoms with E-state index in [1.807, 2.05) is 19.2 Å². The van der Waals surface area contributed by atoms with Gasteiger partial charge in [0.2, 0.25) is 0 Å². The third-order valence-corrected chi connectivity index (χ3v) is 4.02. The first-order valence-corrected chi connectivity index (χ1v) is 7.55. The second kappa shape index (κ2) is 6.60. The summed E-state index contributed by atoms with van der Waals surface area (Å²) in [7, 11) is 1.89. The average molecular weight is 300 g/mol. The van der Waals surface area contributed by atoms with E-state index in [2.05, 4.69) is 15.4 Å². The molecule has 0 radical (unpaired) electrons. The van der Waals surface area contributed by atoms with Crippen LogP contribution in [0.4, 0.5) is 4.79 Å². The van der Waals surface area contributed by atoms with Gasteiger partial charge in [0.05, 0.1) is 12.3 Å². The number of nitrogens with one attached hydrogen (secondary N) is 1. The molecular weight excluding hydrogens is 280 g/mol. The summed E-state index contributed by atoms with van der Waals surface area (Å²) in [6.07, 6.45) is 8.51. The summed E-state index contributed by atoms with van der Waals surface area (Å²) in [4.78, 5) is 15.9. The van der Waals surface area contributed by atoms with Crippen molar-refractivity contribution >= 4 is 6.09 Å². The van der Waals surface area contributed by atoms with E-state index in [1.54, 1.807) is 23.3 Å². The molecular formula is C16H20N4O2. The molecule has 1 aliphatic carbocycles. The van der Waals surface area contributed by atoms with Crippen molar-refractivity contribution in [3.8, 4) is 11.3 Å². The number of nitrogens with zero attached hydrogens (tertiary/aromatic N) is 3. The Bertz CT molecular complexity index is 649. The van der Waals surface area contributed by atoms with E-state index < -0.39 is 0 Å². The topological polar surface area (TPSA) is 69.0 Å². The Balaban J connectivity index is 1.54. The van der Waals surface area contributed by atoms with Crippen LogP contribution >= 0.6 is 0 Å². The summed E-state index contributed by atoms with van der Waals surface area (Å²) in [6.45, 7) is 0.932. The summed E-state index contributed by atoms with van der Waals surface area (Å²) >= 11 is 0. The van der Waals surface area contributed by atoms with Gasteiger partial charge in [-0.2, -0.15) is 5.10 Å². The summed E-state index contributed by atoms with van der Waals surface area (Å²) in [5.74, 6) is 0.556. The van der Waals surface area contributed by atoms with Gasteiger partial charge < -0.3 is 10.1 Å². The van der Waals surface area contributed by atoms with Gasteiger partial charge in [-0.25, -0.2) is 4.79 Å². The summed E-state index contributed by atoms with van der Waals surface area (Å²) in [6, 6.07) is 3.93. The van der Waals surface area contributed by atoms with Crippen molar-refractivity contribution in [1.82, 2.24) is 20.1 Å². The number of ether oxygens (including phenoxy) is 1. The minimum atomic E-state index is -0.363. The van der Waals surface area contributed by atoms with Gasteiger partial charge in [-0.3, -0.25) is 9.67 Å². The summed E-state index contributed by atoms with van der Waals surface area (Å²) < 4.78 is 7.00. The number of alkyl carbamates (subject to hydrolysis) is 1. The fourth-order valence-corrected chi connectivity index (χ4v) is 2.46. The highest BCUT2D eigenvalue weighted by Crippen LogP contribution is 2.26. The molecule has 1 N–H and O–H groups in total. The fraction of sp³-hybridized carbons (Fsp3) is 0.438. The summed E-state index contributed by atoms with van der Waals surface area (Å²) in [5, 5.41) is 6.92. The molecule has 2 aromatic rings. The van der Waals surface area contributed by atoms with Gasteiger partial charge in [-0.05, 0) is 36.5 Å². The largest absolute Gasteiger partial charge is 0.449 e. The standard InChI is InChI=1S/C16H20N4O2/c1-20-15(5-6-19-20)14-7-13(8-17-10-14)9-18-16(21)22-11-12-3-2-4-12/h5-8,10,12H,2-4,9,11H2,1H3,(H,18,21). The number of pyridine rings is 1. The van der Waals surface area contributed by atoms with Crippen LogP contribution in [-0.4, -0.2) is 27.5 Å². The number of aromatic nitrogens is 3. The molecule has 1 saturated carbocycles. The molecule has 2 aromatic heterocycles. The Morgan fingerprint density at radius 2 is 2.32 bits per heavy atom. The molecule has 0 unspecified atom stereocenters. The van der Waals surface area contributed by atoms with E-state index in [0.29, 0.717) is 19.1 Å². The lowest BCUT2D eigenvalue weighted by Gasteiger charge is -2.24. The highest BCUT2D eigenvalue weighted by Gasteiger charge is 2.19. The van der Waals surface area contributed by atoms with Gasteiger partial charge in [-0.1, -0.05) is 6.42 Å². The number of rotatable bonds is 5. The molecule has 0 spiro atoms. The molecule has 22 heavy (non-hydrogen) atoms. The lowest BCUT2D eigenvalue weighted by atomic mass is 9.86. The van der Waals surface area contributed by atoms with Crippen molar-refractivity contribution in [2.24, 2.45) is 13.0 Å². The first-order valence-electron chi connectivity index (χ1n) is 7.55. The average Bonchev–Trinajstić information content (AvgIpc) is 2.90. The van der Waals surface area contributed by atoms with Crippen LogP contribution in [0.5, 0.6) is 0 Å². The lowest BCUT2D eigenvalue weighted by Crippen LogP contribution is -2.27. The lowest BCUT2D eigenvalue weighted by molar-refractivity contribution is 0.103. The first-order chi connectivity index (χ1) is 10.7. The van der Waals surface area contributed by atoms with Crippen LogP contribution in [0, 0.1) is 5.92 Å². The van der Waals surface area contributed by atoms with Gasteiger partial charge in [0, 0.05) is 37.7 Å². The van der Waals surface area contributed by atoms with E-state index in [4.69, 9.17) is 4.74 Å². The molecule has 1 amide bonds. The molecule has 0 aliphatic heterocycles. The maximum Gasteiger partial charge on any atom is 0.407 e. The van der Waals surface area contributed by atoms with Crippen molar-refractivity contribution in [1.29, 1.82) is 0 Å². The number of aryl methyl sites for hydroxylation is 1. The van der Waals surface area contributed by atoms with Crippen molar-refractivity contribution in [3.63, 3.8) is 0 Å². The highest BCUT2D eigenvalue weighted by atomic mass is 16.5. The third kappa shape index (κ3) is 3.44. The Hall–Kier alpha value is -2.37. The van der Waals surface area contributed by atoms with Gasteiger partial charge >= 0.3 is 6.09 Å². The number of amides is 1. The zero-order chi connectivity index (χ0) is 15.4. The third-order valence-electron chi connectivity index (χ3n) is 4.02. The fourth-order valence-electron chi connectivity index (χ4n) is 2.46. The normalized spacial score (nSPS) is 14.4. The molecule has 1 aliphatic rings. The Morgan fingerprint density at radius 3 is 3.00 bits per heavy atom. The van der Waals surface area contributed by atoms with E-state index in [1.165, 1.54) is 19.3 Å². The van der Waals surface area contributed by atoms with E-state index in [9.17, 15) is 4.79 Å². The van der Waals surface area contributed by atoms with Crippen LogP contribution in [0.1, 0.15) is 24.8 Å². The molecule has 3 rings (SSSR count). The number of carbonyl (C=O) groups excluding carboxylic acids is 1. The number of hydrogen-bond donors (Lipinski definition) is 1. The van der Waals surface area contributed by atoms with Crippen molar-refractivity contribution in [2.45, 2.75) is 25.8 Å². The molecule has 0 bridgehead atoms. The van der Waals surface area contributed by atoms with Crippen molar-refractivity contribution < 1.29 is 9.53 Å². The second-order valence-corrected chi connectivity index (χ2v) is 5.67. The van der Waals surface area contributed by atoms with Crippen molar-refractivity contribution in [3.05, 3.63) is 36.3 Å². The van der Waals surface area contributed by atoms with Crippen LogP contribution in [0.25, 0.3) is 11.3 Å². The van der Waals surface area contributed by atoms with E-state index >= 15 is 0 Å². The molecule has 6 nitrogen and oxygen atoms in total. The smallest absolute Gasteiger partial charge is 0.407 e. The predicted molar refractivity (Wildman–Crippen MR) is 82.0 cm³/mol. The van der Waals surface area contributed by atoms with Gasteiger partial charge in [-0.15, -0.1) is 0 Å². The van der Waals surface area contributed by atoms with Crippen LogP contribution in [0.15, 0.2) is 30.7 Å². The maximum atomic E-state index is 11.7. The minimum absolute atomic E-state index is 0.363. The molecule has 2 heterocycles.